The van der Waals surface area contributed by atoms with Gasteiger partial charge in [-0.05, 0) is 30.7 Å². The Hall–Kier alpha value is -2.56. The molecule has 0 bridgehead atoms. The van der Waals surface area contributed by atoms with Gasteiger partial charge >= 0.3 is 0 Å². The molecule has 1 rings (SSSR count). The second-order valence-electron chi connectivity index (χ2n) is 4.03. The van der Waals surface area contributed by atoms with Crippen LogP contribution >= 0.6 is 0 Å². The summed E-state index contributed by atoms with van der Waals surface area (Å²) in [5.41, 5.74) is 2.12. The minimum Gasteiger partial charge on any atom is -0.395 e. The maximum absolute atomic E-state index is 8.99. The molecule has 0 saturated heterocycles. The van der Waals surface area contributed by atoms with Gasteiger partial charge in [0.15, 0.2) is 0 Å². The standard InChI is InChI=1S/C16H17N3O/c1-3-19(11-12-20)16-9-7-14(8-10-16)5-4-6-15(13-17)18-2/h4-10,20H,3,11-12H2,1H3/b5-4+,15-6-. The molecule has 0 aliphatic heterocycles. The number of aliphatic hydroxyl groups is 1. The van der Waals surface area contributed by atoms with Crippen molar-refractivity contribution in [1.82, 2.24) is 0 Å². The fraction of sp³-hybridized carbons (Fsp3) is 0.250. The zero-order chi connectivity index (χ0) is 14.8. The van der Waals surface area contributed by atoms with Gasteiger partial charge in [-0.1, -0.05) is 24.3 Å². The Labute approximate surface area is 119 Å². The second-order valence-corrected chi connectivity index (χ2v) is 4.03. The molecule has 0 fully saturated rings. The van der Waals surface area contributed by atoms with E-state index in [9.17, 15) is 0 Å². The Morgan fingerprint density at radius 1 is 1.45 bits per heavy atom. The minimum absolute atomic E-state index is 0.0676. The Bertz CT molecular complexity index is 543. The summed E-state index contributed by atoms with van der Waals surface area (Å²) in [7, 11) is 0. The molecule has 1 N–H and O–H groups in total. The molecule has 4 heteroatoms. The first kappa shape index (κ1) is 15.5. The number of likely N-dealkylation sites (N-methyl/N-ethyl adjacent to an activating group) is 1. The van der Waals surface area contributed by atoms with Crippen molar-refractivity contribution in [2.75, 3.05) is 24.6 Å². The summed E-state index contributed by atoms with van der Waals surface area (Å²) < 4.78 is 0. The van der Waals surface area contributed by atoms with Crippen molar-refractivity contribution >= 4 is 11.8 Å². The molecule has 1 aromatic carbocycles. The molecular weight excluding hydrogens is 250 g/mol. The van der Waals surface area contributed by atoms with E-state index in [1.807, 2.05) is 43.3 Å². The molecule has 0 heterocycles. The van der Waals surface area contributed by atoms with E-state index in [4.69, 9.17) is 16.9 Å². The lowest BCUT2D eigenvalue weighted by Gasteiger charge is -2.21. The molecule has 0 aliphatic rings. The van der Waals surface area contributed by atoms with Crippen molar-refractivity contribution in [3.8, 4) is 6.07 Å². The number of nitriles is 1. The molecular formula is C16H17N3O. The van der Waals surface area contributed by atoms with Gasteiger partial charge in [0.2, 0.25) is 0 Å². The third-order valence-corrected chi connectivity index (χ3v) is 2.79. The lowest BCUT2D eigenvalue weighted by molar-refractivity contribution is 0.302. The molecule has 0 aliphatic carbocycles. The molecule has 102 valence electrons. The highest BCUT2D eigenvalue weighted by Crippen LogP contribution is 2.15. The van der Waals surface area contributed by atoms with E-state index in [-0.39, 0.29) is 12.3 Å². The quantitative estimate of drug-likeness (QED) is 0.490. The van der Waals surface area contributed by atoms with Crippen LogP contribution in [0.15, 0.2) is 42.1 Å². The Morgan fingerprint density at radius 2 is 2.15 bits per heavy atom. The van der Waals surface area contributed by atoms with Gasteiger partial charge in [0.1, 0.15) is 0 Å². The van der Waals surface area contributed by atoms with E-state index in [0.29, 0.717) is 6.54 Å². The van der Waals surface area contributed by atoms with E-state index in [0.717, 1.165) is 17.8 Å². The Morgan fingerprint density at radius 3 is 2.65 bits per heavy atom. The Kier molecular flexibility index (Phi) is 6.61. The molecule has 0 saturated carbocycles. The van der Waals surface area contributed by atoms with Crippen LogP contribution in [-0.4, -0.2) is 24.8 Å². The molecule has 0 aromatic heterocycles. The summed E-state index contributed by atoms with van der Waals surface area (Å²) in [6.07, 6.45) is 5.02. The van der Waals surface area contributed by atoms with Gasteiger partial charge in [0.25, 0.3) is 5.70 Å². The summed E-state index contributed by atoms with van der Waals surface area (Å²) in [4.78, 5) is 5.16. The fourth-order valence-corrected chi connectivity index (χ4v) is 1.74. The lowest BCUT2D eigenvalue weighted by atomic mass is 10.1. The molecule has 4 nitrogen and oxygen atoms in total. The summed E-state index contributed by atoms with van der Waals surface area (Å²) in [6.45, 7) is 10.4. The summed E-state index contributed by atoms with van der Waals surface area (Å²) >= 11 is 0. The molecule has 0 radical (unpaired) electrons. The van der Waals surface area contributed by atoms with Crippen LogP contribution in [0.5, 0.6) is 0 Å². The Balaban J connectivity index is 2.77. The molecule has 0 spiro atoms. The van der Waals surface area contributed by atoms with Gasteiger partial charge in [0, 0.05) is 18.8 Å². The predicted octanol–water partition coefficient (Wildman–Crippen LogP) is 2.85. The molecule has 20 heavy (non-hydrogen) atoms. The van der Waals surface area contributed by atoms with Crippen molar-refractivity contribution in [2.45, 2.75) is 6.92 Å². The van der Waals surface area contributed by atoms with Crippen LogP contribution in [0.4, 0.5) is 5.69 Å². The zero-order valence-corrected chi connectivity index (χ0v) is 11.5. The van der Waals surface area contributed by atoms with Crippen LogP contribution < -0.4 is 4.90 Å². The number of hydrogen-bond donors (Lipinski definition) is 1. The average molecular weight is 267 g/mol. The predicted molar refractivity (Wildman–Crippen MR) is 80.7 cm³/mol. The summed E-state index contributed by atoms with van der Waals surface area (Å²) in [5, 5.41) is 17.6. The number of benzene rings is 1. The first-order chi connectivity index (χ1) is 9.74. The van der Waals surface area contributed by atoms with Crippen LogP contribution in [0.3, 0.4) is 0 Å². The van der Waals surface area contributed by atoms with Crippen molar-refractivity contribution < 1.29 is 5.11 Å². The van der Waals surface area contributed by atoms with Crippen LogP contribution in [-0.2, 0) is 0 Å². The van der Waals surface area contributed by atoms with Gasteiger partial charge in [-0.2, -0.15) is 0 Å². The number of hydrogen-bond acceptors (Lipinski definition) is 3. The van der Waals surface area contributed by atoms with Crippen molar-refractivity contribution in [1.29, 1.82) is 5.26 Å². The molecule has 0 atom stereocenters. The fourth-order valence-electron chi connectivity index (χ4n) is 1.74. The molecule has 1 aromatic rings. The van der Waals surface area contributed by atoms with Crippen molar-refractivity contribution in [3.63, 3.8) is 0 Å². The number of nitrogens with zero attached hydrogens (tertiary/aromatic N) is 3. The first-order valence-electron chi connectivity index (χ1n) is 6.37. The third kappa shape index (κ3) is 4.61. The molecule has 0 amide bonds. The summed E-state index contributed by atoms with van der Waals surface area (Å²) in [5.74, 6) is 0. The van der Waals surface area contributed by atoms with E-state index in [2.05, 4.69) is 9.74 Å². The number of anilines is 1. The average Bonchev–Trinajstić information content (AvgIpc) is 2.50. The maximum Gasteiger partial charge on any atom is 0.261 e. The normalized spacial score (nSPS) is 11.1. The van der Waals surface area contributed by atoms with Gasteiger partial charge in [0.05, 0.1) is 19.2 Å². The minimum atomic E-state index is 0.0676. The van der Waals surface area contributed by atoms with E-state index < -0.39 is 0 Å². The number of allylic oxidation sites excluding steroid dienone is 3. The first-order valence-corrected chi connectivity index (χ1v) is 6.37. The molecule has 0 unspecified atom stereocenters. The van der Waals surface area contributed by atoms with E-state index >= 15 is 0 Å². The van der Waals surface area contributed by atoms with Crippen molar-refractivity contribution in [2.24, 2.45) is 0 Å². The van der Waals surface area contributed by atoms with Crippen LogP contribution in [0.25, 0.3) is 10.9 Å². The lowest BCUT2D eigenvalue weighted by Crippen LogP contribution is -2.25. The number of rotatable bonds is 6. The highest BCUT2D eigenvalue weighted by molar-refractivity contribution is 5.57. The monoisotopic (exact) mass is 267 g/mol. The number of aliphatic hydroxyl groups excluding tert-OH is 1. The topological polar surface area (TPSA) is 51.6 Å². The zero-order valence-electron chi connectivity index (χ0n) is 11.5. The van der Waals surface area contributed by atoms with Crippen LogP contribution in [0.2, 0.25) is 0 Å². The van der Waals surface area contributed by atoms with Gasteiger partial charge in [-0.3, -0.25) is 0 Å². The van der Waals surface area contributed by atoms with Crippen LogP contribution in [0, 0.1) is 17.9 Å². The summed E-state index contributed by atoms with van der Waals surface area (Å²) in [6, 6.07) is 9.71. The van der Waals surface area contributed by atoms with Crippen molar-refractivity contribution in [3.05, 3.63) is 59.1 Å². The van der Waals surface area contributed by atoms with E-state index in [1.165, 1.54) is 6.08 Å². The highest BCUT2D eigenvalue weighted by atomic mass is 16.3. The van der Waals surface area contributed by atoms with Gasteiger partial charge in [-0.15, -0.1) is 0 Å². The van der Waals surface area contributed by atoms with Gasteiger partial charge in [-0.25, -0.2) is 10.1 Å². The maximum atomic E-state index is 8.99. The largest absolute Gasteiger partial charge is 0.395 e. The van der Waals surface area contributed by atoms with Gasteiger partial charge < -0.3 is 10.0 Å². The smallest absolute Gasteiger partial charge is 0.261 e. The highest BCUT2D eigenvalue weighted by Gasteiger charge is 2.02. The second kappa shape index (κ2) is 8.53. The van der Waals surface area contributed by atoms with E-state index in [1.54, 1.807) is 6.08 Å². The third-order valence-electron chi connectivity index (χ3n) is 2.79. The van der Waals surface area contributed by atoms with Crippen LogP contribution in [0.1, 0.15) is 12.5 Å². The SMILES string of the molecule is [C-]#[N+]/C(C#N)=C\C=C\c1ccc(N(CC)CCO)cc1.